The molecule has 1 aromatic heterocycles. The Balaban J connectivity index is 1.75. The third-order valence-corrected chi connectivity index (χ3v) is 7.31. The van der Waals surface area contributed by atoms with Crippen molar-refractivity contribution >= 4 is 21.5 Å². The Morgan fingerprint density at radius 3 is 2.58 bits per heavy atom. The molecule has 31 heavy (non-hydrogen) atoms. The lowest BCUT2D eigenvalue weighted by atomic mass is 9.95. The fourth-order valence-corrected chi connectivity index (χ4v) is 4.14. The molecule has 0 unspecified atom stereocenters. The molecule has 1 aliphatic rings. The number of halogens is 1. The zero-order chi connectivity index (χ0) is 22.8. The molecule has 166 valence electrons. The van der Waals surface area contributed by atoms with Gasteiger partial charge in [0.1, 0.15) is 11.9 Å². The number of carbonyl (C=O) groups excluding carboxylic acids is 1. The maximum absolute atomic E-state index is 14.1. The minimum atomic E-state index is -3.85. The van der Waals surface area contributed by atoms with Gasteiger partial charge in [-0.25, -0.2) is 23.3 Å². The molecular formula is C20H22FN3O6S. The summed E-state index contributed by atoms with van der Waals surface area (Å²) in [6, 6.07) is 8.39. The summed E-state index contributed by atoms with van der Waals surface area (Å²) in [6.45, 7) is 1.22. The van der Waals surface area contributed by atoms with E-state index in [0.29, 0.717) is 22.4 Å². The van der Waals surface area contributed by atoms with Crippen LogP contribution in [0.2, 0.25) is 0 Å². The van der Waals surface area contributed by atoms with E-state index in [4.69, 9.17) is 14.8 Å². The molecular weight excluding hydrogens is 429 g/mol. The number of pyridine rings is 1. The zero-order valence-corrected chi connectivity index (χ0v) is 17.9. The number of rotatable bonds is 7. The van der Waals surface area contributed by atoms with Crippen LogP contribution in [0.1, 0.15) is 25.3 Å². The van der Waals surface area contributed by atoms with E-state index in [1.54, 1.807) is 24.3 Å². The van der Waals surface area contributed by atoms with Gasteiger partial charge in [-0.1, -0.05) is 29.4 Å². The van der Waals surface area contributed by atoms with E-state index < -0.39 is 32.4 Å². The van der Waals surface area contributed by atoms with Gasteiger partial charge in [0, 0.05) is 30.7 Å². The molecule has 1 aliphatic heterocycles. The highest BCUT2D eigenvalue weighted by Gasteiger charge is 2.47. The van der Waals surface area contributed by atoms with Crippen LogP contribution < -0.4 is 10.2 Å². The van der Waals surface area contributed by atoms with Crippen LogP contribution in [0, 0.1) is 5.82 Å². The summed E-state index contributed by atoms with van der Waals surface area (Å²) in [6.07, 6.45) is 1.41. The van der Waals surface area contributed by atoms with Crippen LogP contribution in [-0.2, 0) is 19.5 Å². The van der Waals surface area contributed by atoms with Gasteiger partial charge in [-0.3, -0.25) is 10.0 Å². The van der Waals surface area contributed by atoms with Gasteiger partial charge in [-0.15, -0.1) is 0 Å². The molecule has 1 aromatic carbocycles. The molecule has 11 heteroatoms. The molecule has 3 rings (SSSR count). The molecule has 0 fully saturated rings. The van der Waals surface area contributed by atoms with Crippen molar-refractivity contribution in [2.45, 2.75) is 30.6 Å². The van der Waals surface area contributed by atoms with Gasteiger partial charge in [0.2, 0.25) is 5.88 Å². The molecule has 2 heterocycles. The summed E-state index contributed by atoms with van der Waals surface area (Å²) in [5, 5.41) is 12.9. The molecule has 0 aliphatic carbocycles. The first kappa shape index (κ1) is 22.6. The monoisotopic (exact) mass is 451 g/mol. The molecule has 0 radical (unpaired) electrons. The number of ether oxygens (including phenoxy) is 1. The summed E-state index contributed by atoms with van der Waals surface area (Å²) in [5.74, 6) is -1.23. The van der Waals surface area contributed by atoms with Gasteiger partial charge >= 0.3 is 0 Å². The SMILES string of the molecule is COc1cc(-c2ccc(C3=NO[C@@H](C[C@](C)(C(=O)NO)S(C)(=O)=O)C3)cc2)c(F)cn1. The third kappa shape index (κ3) is 4.52. The van der Waals surface area contributed by atoms with Crippen molar-refractivity contribution in [2.24, 2.45) is 5.16 Å². The Labute approximate surface area is 178 Å². The van der Waals surface area contributed by atoms with E-state index in [-0.39, 0.29) is 18.7 Å². The number of carbonyl (C=O) groups is 1. The lowest BCUT2D eigenvalue weighted by Crippen LogP contribution is -2.51. The Morgan fingerprint density at radius 2 is 2.00 bits per heavy atom. The van der Waals surface area contributed by atoms with E-state index in [9.17, 15) is 17.6 Å². The van der Waals surface area contributed by atoms with Crippen LogP contribution >= 0.6 is 0 Å². The standard InChI is InChI=1S/C20H22FN3O6S/c1-20(19(25)23-26,31(3,27)28)10-14-8-17(24-30-14)13-6-4-12(5-7-13)15-9-18(29-2)22-11-16(15)21/h4-7,9,11,14,26H,8,10H2,1-3H3,(H,23,25)/t14-,20-/m1/s1. The average molecular weight is 451 g/mol. The van der Waals surface area contributed by atoms with Gasteiger partial charge in [-0.05, 0) is 18.1 Å². The number of methoxy groups -OCH3 is 1. The molecule has 1 amide bonds. The topological polar surface area (TPSA) is 127 Å². The Kier molecular flexibility index (Phi) is 6.27. The number of benzene rings is 1. The van der Waals surface area contributed by atoms with E-state index in [1.165, 1.54) is 25.6 Å². The van der Waals surface area contributed by atoms with Crippen LogP contribution in [0.15, 0.2) is 41.7 Å². The maximum Gasteiger partial charge on any atom is 0.264 e. The number of oxime groups is 1. The van der Waals surface area contributed by atoms with Gasteiger partial charge in [0.25, 0.3) is 5.91 Å². The van der Waals surface area contributed by atoms with Crippen molar-refractivity contribution in [1.82, 2.24) is 10.5 Å². The number of aromatic nitrogens is 1. The lowest BCUT2D eigenvalue weighted by molar-refractivity contribution is -0.132. The fraction of sp³-hybridized carbons (Fsp3) is 0.350. The Hall–Kier alpha value is -3.05. The molecule has 9 nitrogen and oxygen atoms in total. The van der Waals surface area contributed by atoms with E-state index in [0.717, 1.165) is 12.5 Å². The number of hydrogen-bond donors (Lipinski definition) is 2. The van der Waals surface area contributed by atoms with Crippen molar-refractivity contribution in [3.8, 4) is 17.0 Å². The number of nitrogens with one attached hydrogen (secondary N) is 1. The third-order valence-electron chi connectivity index (χ3n) is 5.32. The summed E-state index contributed by atoms with van der Waals surface area (Å²) in [5.41, 5.74) is 3.62. The van der Waals surface area contributed by atoms with Crippen molar-refractivity contribution < 1.29 is 32.4 Å². The first-order valence-electron chi connectivity index (χ1n) is 9.26. The highest BCUT2D eigenvalue weighted by molar-refractivity contribution is 7.92. The smallest absolute Gasteiger partial charge is 0.264 e. The predicted molar refractivity (Wildman–Crippen MR) is 110 cm³/mol. The molecule has 0 saturated carbocycles. The van der Waals surface area contributed by atoms with Crippen molar-refractivity contribution in [1.29, 1.82) is 0 Å². The number of amides is 1. The van der Waals surface area contributed by atoms with Crippen LogP contribution in [0.4, 0.5) is 4.39 Å². The molecule has 0 saturated heterocycles. The molecule has 0 spiro atoms. The molecule has 0 bridgehead atoms. The van der Waals surface area contributed by atoms with E-state index in [1.807, 2.05) is 0 Å². The van der Waals surface area contributed by atoms with Gasteiger partial charge in [0.05, 0.1) is 19.0 Å². The van der Waals surface area contributed by atoms with E-state index >= 15 is 0 Å². The van der Waals surface area contributed by atoms with Crippen LogP contribution in [0.3, 0.4) is 0 Å². The number of hydrogen-bond acceptors (Lipinski definition) is 8. The summed E-state index contributed by atoms with van der Waals surface area (Å²) >= 11 is 0. The first-order valence-corrected chi connectivity index (χ1v) is 11.2. The second-order valence-electron chi connectivity index (χ2n) is 7.40. The van der Waals surface area contributed by atoms with Gasteiger partial charge < -0.3 is 9.57 Å². The van der Waals surface area contributed by atoms with Crippen molar-refractivity contribution in [2.75, 3.05) is 13.4 Å². The second-order valence-corrected chi connectivity index (χ2v) is 9.85. The number of sulfone groups is 1. The lowest BCUT2D eigenvalue weighted by Gasteiger charge is -2.26. The normalized spacial score (nSPS) is 18.0. The minimum absolute atomic E-state index is 0.189. The van der Waals surface area contributed by atoms with Crippen molar-refractivity contribution in [3.05, 3.63) is 47.9 Å². The molecule has 2 atom stereocenters. The number of hydroxylamine groups is 1. The quantitative estimate of drug-likeness (QED) is 0.487. The largest absolute Gasteiger partial charge is 0.481 e. The highest BCUT2D eigenvalue weighted by atomic mass is 32.2. The van der Waals surface area contributed by atoms with Crippen molar-refractivity contribution in [3.63, 3.8) is 0 Å². The Bertz CT molecular complexity index is 1120. The van der Waals surface area contributed by atoms with Crippen LogP contribution in [-0.4, -0.2) is 54.4 Å². The van der Waals surface area contributed by atoms with E-state index in [2.05, 4.69) is 10.1 Å². The highest BCUT2D eigenvalue weighted by Crippen LogP contribution is 2.30. The fourth-order valence-electron chi connectivity index (χ4n) is 3.27. The minimum Gasteiger partial charge on any atom is -0.481 e. The first-order chi connectivity index (χ1) is 14.6. The summed E-state index contributed by atoms with van der Waals surface area (Å²) in [7, 11) is -2.40. The molecule has 2 N–H and O–H groups in total. The van der Waals surface area contributed by atoms with Gasteiger partial charge in [-0.2, -0.15) is 0 Å². The number of nitrogens with zero attached hydrogens (tertiary/aromatic N) is 2. The Morgan fingerprint density at radius 1 is 1.35 bits per heavy atom. The molecule has 2 aromatic rings. The van der Waals surface area contributed by atoms with Gasteiger partial charge in [0.15, 0.2) is 14.6 Å². The predicted octanol–water partition coefficient (Wildman–Crippen LogP) is 2.09. The summed E-state index contributed by atoms with van der Waals surface area (Å²) < 4.78 is 41.6. The van der Waals surface area contributed by atoms with Crippen LogP contribution in [0.5, 0.6) is 5.88 Å². The maximum atomic E-state index is 14.1. The van der Waals surface area contributed by atoms with Crippen LogP contribution in [0.25, 0.3) is 11.1 Å². The zero-order valence-electron chi connectivity index (χ0n) is 17.1. The average Bonchev–Trinajstić information content (AvgIpc) is 3.21. The second kappa shape index (κ2) is 8.60. The summed E-state index contributed by atoms with van der Waals surface area (Å²) in [4.78, 5) is 21.2.